The van der Waals surface area contributed by atoms with E-state index in [1.165, 1.54) is 47.5 Å². The van der Waals surface area contributed by atoms with Crippen LogP contribution < -0.4 is 15.0 Å². The number of benzene rings is 1. The Balaban J connectivity index is 1.60. The molecular formula is C19H16F2N4O4S. The largest absolute Gasteiger partial charge is 0.493 e. The number of rotatable bonds is 7. The molecule has 0 aliphatic carbocycles. The second-order valence-electron chi connectivity index (χ2n) is 6.22. The Morgan fingerprint density at radius 2 is 2.10 bits per heavy atom. The fourth-order valence-electron chi connectivity index (χ4n) is 2.88. The summed E-state index contributed by atoms with van der Waals surface area (Å²) in [7, 11) is 1.34. The predicted octanol–water partition coefficient (Wildman–Crippen LogP) is 3.73. The van der Waals surface area contributed by atoms with Crippen LogP contribution in [0.1, 0.15) is 17.7 Å². The number of hydrogen-bond acceptors (Lipinski definition) is 8. The van der Waals surface area contributed by atoms with E-state index in [2.05, 4.69) is 19.9 Å². The Hall–Kier alpha value is -3.34. The van der Waals surface area contributed by atoms with Gasteiger partial charge in [-0.1, -0.05) is 12.1 Å². The number of aromatic nitrogens is 4. The molecule has 0 unspecified atom stereocenters. The highest BCUT2D eigenvalue weighted by atomic mass is 32.1. The third kappa shape index (κ3) is 3.88. The molecule has 4 aromatic rings. The van der Waals surface area contributed by atoms with Gasteiger partial charge < -0.3 is 14.0 Å². The van der Waals surface area contributed by atoms with Crippen molar-refractivity contribution < 1.29 is 22.8 Å². The molecule has 1 aromatic carbocycles. The standard InChI is InChI=1S/C19H16F2N4O4S/c1-3-11-7-12-17(30-11)22-9-25(18(12)26)8-15-23-16(24-29-15)10-4-5-13(28-19(20)21)14(6-10)27-2/h4-7,9,19H,3,8H2,1-2H3. The normalized spacial score (nSPS) is 11.4. The van der Waals surface area contributed by atoms with Gasteiger partial charge in [0.05, 0.1) is 18.8 Å². The summed E-state index contributed by atoms with van der Waals surface area (Å²) in [5, 5.41) is 4.45. The van der Waals surface area contributed by atoms with E-state index in [0.29, 0.717) is 15.8 Å². The number of nitrogens with zero attached hydrogens (tertiary/aromatic N) is 4. The van der Waals surface area contributed by atoms with Crippen LogP contribution in [0.3, 0.4) is 0 Å². The van der Waals surface area contributed by atoms with E-state index in [-0.39, 0.29) is 35.3 Å². The van der Waals surface area contributed by atoms with Gasteiger partial charge in [-0.2, -0.15) is 13.8 Å². The first-order valence-electron chi connectivity index (χ1n) is 8.92. The maximum atomic E-state index is 12.7. The number of ether oxygens (including phenoxy) is 2. The van der Waals surface area contributed by atoms with Crippen molar-refractivity contribution in [3.8, 4) is 22.9 Å². The minimum Gasteiger partial charge on any atom is -0.493 e. The van der Waals surface area contributed by atoms with Crippen molar-refractivity contribution in [2.24, 2.45) is 0 Å². The number of aryl methyl sites for hydroxylation is 1. The highest BCUT2D eigenvalue weighted by Crippen LogP contribution is 2.32. The number of thiophene rings is 1. The first-order valence-corrected chi connectivity index (χ1v) is 9.73. The maximum absolute atomic E-state index is 12.7. The molecule has 3 heterocycles. The van der Waals surface area contributed by atoms with Gasteiger partial charge >= 0.3 is 6.61 Å². The van der Waals surface area contributed by atoms with Crippen LogP contribution >= 0.6 is 11.3 Å². The molecule has 3 aromatic heterocycles. The molecule has 0 atom stereocenters. The van der Waals surface area contributed by atoms with E-state index in [9.17, 15) is 13.6 Å². The lowest BCUT2D eigenvalue weighted by atomic mass is 10.2. The van der Waals surface area contributed by atoms with Crippen molar-refractivity contribution in [2.75, 3.05) is 7.11 Å². The van der Waals surface area contributed by atoms with Crippen molar-refractivity contribution in [3.05, 3.63) is 51.7 Å². The van der Waals surface area contributed by atoms with Crippen molar-refractivity contribution in [1.29, 1.82) is 0 Å². The molecule has 0 saturated carbocycles. The summed E-state index contributed by atoms with van der Waals surface area (Å²) in [5.74, 6) is 0.422. The van der Waals surface area contributed by atoms with Crippen molar-refractivity contribution in [2.45, 2.75) is 26.5 Å². The lowest BCUT2D eigenvalue weighted by molar-refractivity contribution is -0.0512. The van der Waals surface area contributed by atoms with Crippen LogP contribution in [-0.2, 0) is 13.0 Å². The lowest BCUT2D eigenvalue weighted by Gasteiger charge is -2.10. The van der Waals surface area contributed by atoms with Gasteiger partial charge in [-0.25, -0.2) is 4.98 Å². The number of alkyl halides is 2. The average Bonchev–Trinajstić information content (AvgIpc) is 3.37. The van der Waals surface area contributed by atoms with Crippen LogP contribution in [0.25, 0.3) is 21.6 Å². The quantitative estimate of drug-likeness (QED) is 0.438. The van der Waals surface area contributed by atoms with E-state index in [1.54, 1.807) is 0 Å². The highest BCUT2D eigenvalue weighted by Gasteiger charge is 2.16. The Kier molecular flexibility index (Phi) is 5.44. The summed E-state index contributed by atoms with van der Waals surface area (Å²) in [6, 6.07) is 6.15. The Labute approximate surface area is 172 Å². The molecule has 4 rings (SSSR count). The Bertz CT molecular complexity index is 1250. The van der Waals surface area contributed by atoms with Crippen LogP contribution in [0.2, 0.25) is 0 Å². The first kappa shape index (κ1) is 20.0. The van der Waals surface area contributed by atoms with Crippen LogP contribution in [0.5, 0.6) is 11.5 Å². The second-order valence-corrected chi connectivity index (χ2v) is 7.33. The molecule has 0 radical (unpaired) electrons. The molecule has 0 fully saturated rings. The van der Waals surface area contributed by atoms with Crippen LogP contribution in [0, 0.1) is 0 Å². The summed E-state index contributed by atoms with van der Waals surface area (Å²) >= 11 is 1.49. The zero-order valence-corrected chi connectivity index (χ0v) is 16.8. The fourth-order valence-corrected chi connectivity index (χ4v) is 3.80. The molecule has 156 valence electrons. The van der Waals surface area contributed by atoms with E-state index >= 15 is 0 Å². The molecule has 30 heavy (non-hydrogen) atoms. The molecule has 0 aliphatic heterocycles. The fraction of sp³-hybridized carbons (Fsp3) is 0.263. The molecule has 0 bridgehead atoms. The number of halogens is 2. The molecule has 0 spiro atoms. The first-order chi connectivity index (χ1) is 14.5. The molecule has 0 amide bonds. The second kappa shape index (κ2) is 8.19. The summed E-state index contributed by atoms with van der Waals surface area (Å²) in [6.45, 7) is -0.900. The summed E-state index contributed by atoms with van der Waals surface area (Å²) in [5.41, 5.74) is 0.292. The molecule has 11 heteroatoms. The molecule has 8 nitrogen and oxygen atoms in total. The minimum absolute atomic E-state index is 0.0514. The van der Waals surface area contributed by atoms with Crippen molar-refractivity contribution in [1.82, 2.24) is 19.7 Å². The summed E-state index contributed by atoms with van der Waals surface area (Å²) in [4.78, 5) is 23.1. The zero-order valence-electron chi connectivity index (χ0n) is 16.0. The average molecular weight is 434 g/mol. The molecular weight excluding hydrogens is 418 g/mol. The smallest absolute Gasteiger partial charge is 0.387 e. The highest BCUT2D eigenvalue weighted by molar-refractivity contribution is 7.18. The van der Waals surface area contributed by atoms with Gasteiger partial charge in [0.25, 0.3) is 5.56 Å². The van der Waals surface area contributed by atoms with Crippen LogP contribution in [0.15, 0.2) is 39.9 Å². The Morgan fingerprint density at radius 3 is 2.83 bits per heavy atom. The van der Waals surface area contributed by atoms with Crippen LogP contribution in [0.4, 0.5) is 8.78 Å². The van der Waals surface area contributed by atoms with E-state index in [4.69, 9.17) is 9.26 Å². The molecule has 0 aliphatic rings. The zero-order chi connectivity index (χ0) is 21.3. The van der Waals surface area contributed by atoms with Gasteiger partial charge in [-0.05, 0) is 30.7 Å². The van der Waals surface area contributed by atoms with Gasteiger partial charge in [-0.15, -0.1) is 11.3 Å². The van der Waals surface area contributed by atoms with Gasteiger partial charge in [0.15, 0.2) is 11.5 Å². The number of fused-ring (bicyclic) bond motifs is 1. The molecule has 0 N–H and O–H groups in total. The van der Waals surface area contributed by atoms with Gasteiger partial charge in [0, 0.05) is 10.4 Å². The monoisotopic (exact) mass is 434 g/mol. The van der Waals surface area contributed by atoms with Crippen molar-refractivity contribution >= 4 is 21.6 Å². The van der Waals surface area contributed by atoms with E-state index in [1.807, 2.05) is 13.0 Å². The van der Waals surface area contributed by atoms with Crippen molar-refractivity contribution in [3.63, 3.8) is 0 Å². The lowest BCUT2D eigenvalue weighted by Crippen LogP contribution is -2.20. The van der Waals surface area contributed by atoms with Gasteiger partial charge in [0.2, 0.25) is 11.7 Å². The SMILES string of the molecule is CCc1cc2c(=O)n(Cc3nc(-c4ccc(OC(F)F)c(OC)c4)no3)cnc2s1. The van der Waals surface area contributed by atoms with E-state index in [0.717, 1.165) is 11.3 Å². The maximum Gasteiger partial charge on any atom is 0.387 e. The number of hydrogen-bond donors (Lipinski definition) is 0. The van der Waals surface area contributed by atoms with E-state index < -0.39 is 6.61 Å². The topological polar surface area (TPSA) is 92.3 Å². The summed E-state index contributed by atoms with van der Waals surface area (Å²) in [6.07, 6.45) is 2.28. The van der Waals surface area contributed by atoms with Gasteiger partial charge in [-0.3, -0.25) is 9.36 Å². The third-order valence-electron chi connectivity index (χ3n) is 4.33. The molecule has 0 saturated heterocycles. The van der Waals surface area contributed by atoms with Gasteiger partial charge in [0.1, 0.15) is 11.4 Å². The Morgan fingerprint density at radius 1 is 1.27 bits per heavy atom. The number of methoxy groups -OCH3 is 1. The van der Waals surface area contributed by atoms with Crippen LogP contribution in [-0.4, -0.2) is 33.4 Å². The minimum atomic E-state index is -2.97. The third-order valence-corrected chi connectivity index (χ3v) is 5.52. The predicted molar refractivity (Wildman–Crippen MR) is 105 cm³/mol. The summed E-state index contributed by atoms with van der Waals surface area (Å²) < 4.78 is 41.1.